The Morgan fingerprint density at radius 1 is 1.10 bits per heavy atom. The smallest absolute Gasteiger partial charge is 0.124 e. The Balaban J connectivity index is 1.62. The van der Waals surface area contributed by atoms with Crippen molar-refractivity contribution in [3.63, 3.8) is 0 Å². The van der Waals surface area contributed by atoms with E-state index < -0.39 is 0 Å². The molecule has 1 aromatic carbocycles. The van der Waals surface area contributed by atoms with Crippen LogP contribution in [0.25, 0.3) is 0 Å². The Kier molecular flexibility index (Phi) is 2.95. The molecule has 0 saturated heterocycles. The van der Waals surface area contributed by atoms with Crippen LogP contribution < -0.4 is 0 Å². The SMILES string of the molecule is Oc1ccc(Br)cc1C=NC12CC3CC(CC(C3)C1)C2. The molecule has 0 unspecified atom stereocenters. The zero-order chi connectivity index (χ0) is 13.7. The number of phenolic OH excluding ortho intramolecular Hbond substituents is 1. The van der Waals surface area contributed by atoms with Crippen LogP contribution in [-0.2, 0) is 0 Å². The van der Waals surface area contributed by atoms with E-state index in [9.17, 15) is 5.11 Å². The molecular weight excluding hydrogens is 314 g/mol. The van der Waals surface area contributed by atoms with E-state index in [1.165, 1.54) is 38.5 Å². The number of aromatic hydroxyl groups is 1. The monoisotopic (exact) mass is 333 g/mol. The third-order valence-electron chi connectivity index (χ3n) is 5.47. The van der Waals surface area contributed by atoms with Gasteiger partial charge in [0.1, 0.15) is 5.75 Å². The summed E-state index contributed by atoms with van der Waals surface area (Å²) >= 11 is 3.46. The summed E-state index contributed by atoms with van der Waals surface area (Å²) in [4.78, 5) is 4.98. The molecule has 0 atom stereocenters. The lowest BCUT2D eigenvalue weighted by atomic mass is 9.53. The van der Waals surface area contributed by atoms with Crippen LogP contribution in [0.1, 0.15) is 44.1 Å². The second kappa shape index (κ2) is 4.59. The van der Waals surface area contributed by atoms with Gasteiger partial charge in [0.15, 0.2) is 0 Å². The molecule has 2 nitrogen and oxygen atoms in total. The fraction of sp³-hybridized carbons (Fsp3) is 0.588. The van der Waals surface area contributed by atoms with Crippen molar-refractivity contribution >= 4 is 22.1 Å². The molecule has 4 aliphatic rings. The average Bonchev–Trinajstić information content (AvgIpc) is 2.38. The molecular formula is C17H20BrNO. The molecule has 4 aliphatic carbocycles. The van der Waals surface area contributed by atoms with Crippen molar-refractivity contribution in [2.45, 2.75) is 44.1 Å². The molecule has 20 heavy (non-hydrogen) atoms. The van der Waals surface area contributed by atoms with Gasteiger partial charge < -0.3 is 5.11 Å². The lowest BCUT2D eigenvalue weighted by molar-refractivity contribution is 0.00195. The minimum atomic E-state index is 0.184. The molecule has 4 bridgehead atoms. The van der Waals surface area contributed by atoms with Crippen LogP contribution >= 0.6 is 15.9 Å². The van der Waals surface area contributed by atoms with Gasteiger partial charge in [0.25, 0.3) is 0 Å². The maximum atomic E-state index is 9.94. The Hall–Kier alpha value is -0.830. The summed E-state index contributed by atoms with van der Waals surface area (Å²) in [5.74, 6) is 3.06. The van der Waals surface area contributed by atoms with E-state index in [1.54, 1.807) is 6.07 Å². The molecule has 1 N–H and O–H groups in total. The Morgan fingerprint density at radius 3 is 2.30 bits per heavy atom. The fourth-order valence-corrected chi connectivity index (χ4v) is 5.44. The molecule has 0 radical (unpaired) electrons. The Labute approximate surface area is 128 Å². The second-order valence-electron chi connectivity index (χ2n) is 7.10. The summed E-state index contributed by atoms with van der Waals surface area (Å²) < 4.78 is 0.988. The van der Waals surface area contributed by atoms with Crippen molar-refractivity contribution in [1.82, 2.24) is 0 Å². The number of halogens is 1. The van der Waals surface area contributed by atoms with Crippen LogP contribution in [0.15, 0.2) is 27.7 Å². The zero-order valence-corrected chi connectivity index (χ0v) is 13.1. The van der Waals surface area contributed by atoms with Gasteiger partial charge in [0.05, 0.1) is 5.54 Å². The number of aliphatic imine (C=N–C) groups is 1. The average molecular weight is 334 g/mol. The molecule has 1 aromatic rings. The predicted molar refractivity (Wildman–Crippen MR) is 84.3 cm³/mol. The molecule has 3 heteroatoms. The molecule has 0 aliphatic heterocycles. The number of benzene rings is 1. The van der Waals surface area contributed by atoms with Crippen molar-refractivity contribution in [3.05, 3.63) is 28.2 Å². The lowest BCUT2D eigenvalue weighted by Gasteiger charge is -2.54. The normalized spacial score (nSPS) is 38.8. The van der Waals surface area contributed by atoms with Crippen LogP contribution in [-0.4, -0.2) is 16.9 Å². The Morgan fingerprint density at radius 2 is 1.70 bits per heavy atom. The highest BCUT2D eigenvalue weighted by Crippen LogP contribution is 2.57. The van der Waals surface area contributed by atoms with Crippen molar-refractivity contribution in [3.8, 4) is 5.75 Å². The third-order valence-corrected chi connectivity index (χ3v) is 5.97. The second-order valence-corrected chi connectivity index (χ2v) is 8.02. The number of rotatable bonds is 2. The molecule has 106 valence electrons. The number of phenols is 1. The number of hydrogen-bond donors (Lipinski definition) is 1. The molecule has 0 heterocycles. The van der Waals surface area contributed by atoms with Gasteiger partial charge in [-0.1, -0.05) is 15.9 Å². The summed E-state index contributed by atoms with van der Waals surface area (Å²) in [7, 11) is 0. The molecule has 0 amide bonds. The standard InChI is InChI=1S/C17H20BrNO/c18-15-1-2-16(20)14(6-15)10-19-17-7-11-3-12(8-17)5-13(4-11)9-17/h1-2,6,10-13,20H,3-5,7-9H2. The predicted octanol–water partition coefficient (Wildman–Crippen LogP) is 4.54. The highest BCUT2D eigenvalue weighted by atomic mass is 79.9. The van der Waals surface area contributed by atoms with Crippen molar-refractivity contribution in [2.75, 3.05) is 0 Å². The first-order valence-electron chi connectivity index (χ1n) is 7.66. The van der Waals surface area contributed by atoms with E-state index in [0.717, 1.165) is 27.8 Å². The van der Waals surface area contributed by atoms with Crippen molar-refractivity contribution in [1.29, 1.82) is 0 Å². The van der Waals surface area contributed by atoms with Gasteiger partial charge in [-0.05, 0) is 74.5 Å². The zero-order valence-electron chi connectivity index (χ0n) is 11.6. The van der Waals surface area contributed by atoms with E-state index in [0.29, 0.717) is 5.75 Å². The van der Waals surface area contributed by atoms with Crippen LogP contribution in [0.5, 0.6) is 5.75 Å². The lowest BCUT2D eigenvalue weighted by Crippen LogP contribution is -2.49. The molecule has 4 saturated carbocycles. The van der Waals surface area contributed by atoms with E-state index in [2.05, 4.69) is 15.9 Å². The first-order chi connectivity index (χ1) is 9.62. The van der Waals surface area contributed by atoms with Gasteiger partial charge in [0, 0.05) is 16.3 Å². The molecule has 4 fully saturated rings. The van der Waals surface area contributed by atoms with E-state index in [-0.39, 0.29) is 5.54 Å². The molecule has 0 aromatic heterocycles. The summed E-state index contributed by atoms with van der Waals surface area (Å²) in [5.41, 5.74) is 1.01. The summed E-state index contributed by atoms with van der Waals surface area (Å²) in [5, 5.41) is 9.94. The minimum absolute atomic E-state index is 0.184. The summed E-state index contributed by atoms with van der Waals surface area (Å²) in [6.07, 6.45) is 10.0. The topological polar surface area (TPSA) is 32.6 Å². The third kappa shape index (κ3) is 2.20. The largest absolute Gasteiger partial charge is 0.507 e. The maximum absolute atomic E-state index is 9.94. The highest BCUT2D eigenvalue weighted by molar-refractivity contribution is 9.10. The fourth-order valence-electron chi connectivity index (χ4n) is 5.06. The van der Waals surface area contributed by atoms with Crippen molar-refractivity contribution < 1.29 is 5.11 Å². The van der Waals surface area contributed by atoms with Crippen LogP contribution in [0.3, 0.4) is 0 Å². The van der Waals surface area contributed by atoms with Crippen LogP contribution in [0.2, 0.25) is 0 Å². The van der Waals surface area contributed by atoms with Gasteiger partial charge in [-0.25, -0.2) is 0 Å². The van der Waals surface area contributed by atoms with Gasteiger partial charge in [-0.3, -0.25) is 4.99 Å². The highest BCUT2D eigenvalue weighted by Gasteiger charge is 2.50. The maximum Gasteiger partial charge on any atom is 0.124 e. The van der Waals surface area contributed by atoms with Crippen LogP contribution in [0, 0.1) is 17.8 Å². The minimum Gasteiger partial charge on any atom is -0.507 e. The van der Waals surface area contributed by atoms with Gasteiger partial charge in [0.2, 0.25) is 0 Å². The molecule has 5 rings (SSSR count). The summed E-state index contributed by atoms with van der Waals surface area (Å²) in [6.45, 7) is 0. The van der Waals surface area contributed by atoms with Crippen LogP contribution in [0.4, 0.5) is 0 Å². The van der Waals surface area contributed by atoms with Crippen molar-refractivity contribution in [2.24, 2.45) is 22.7 Å². The van der Waals surface area contributed by atoms with E-state index in [4.69, 9.17) is 4.99 Å². The van der Waals surface area contributed by atoms with E-state index in [1.807, 2.05) is 18.3 Å². The number of nitrogens with zero attached hydrogens (tertiary/aromatic N) is 1. The van der Waals surface area contributed by atoms with Gasteiger partial charge >= 0.3 is 0 Å². The first kappa shape index (κ1) is 12.9. The quantitative estimate of drug-likeness (QED) is 0.791. The van der Waals surface area contributed by atoms with Gasteiger partial charge in [-0.2, -0.15) is 0 Å². The summed E-state index contributed by atoms with van der Waals surface area (Å²) in [6, 6.07) is 5.53. The first-order valence-corrected chi connectivity index (χ1v) is 8.45. The number of hydrogen-bond acceptors (Lipinski definition) is 2. The van der Waals surface area contributed by atoms with Gasteiger partial charge in [-0.15, -0.1) is 0 Å². The van der Waals surface area contributed by atoms with E-state index >= 15 is 0 Å². The Bertz CT molecular complexity index is 531. The molecule has 0 spiro atoms.